The van der Waals surface area contributed by atoms with Gasteiger partial charge in [0.2, 0.25) is 10.0 Å². The lowest BCUT2D eigenvalue weighted by molar-refractivity contribution is 0.266. The minimum Gasteiger partial charge on any atom is -0.315 e. The number of aryl methyl sites for hydroxylation is 2. The van der Waals surface area contributed by atoms with Gasteiger partial charge in [0.1, 0.15) is 0 Å². The molecule has 1 saturated heterocycles. The monoisotopic (exact) mass is 310 g/mol. The fourth-order valence-corrected chi connectivity index (χ4v) is 4.97. The van der Waals surface area contributed by atoms with Crippen LogP contribution in [-0.4, -0.2) is 38.4 Å². The number of benzene rings is 1. The van der Waals surface area contributed by atoms with E-state index in [4.69, 9.17) is 0 Å². The zero-order valence-corrected chi connectivity index (χ0v) is 14.0. The summed E-state index contributed by atoms with van der Waals surface area (Å²) in [5.41, 5.74) is 1.92. The Labute approximate surface area is 128 Å². The smallest absolute Gasteiger partial charge is 0.243 e. The summed E-state index contributed by atoms with van der Waals surface area (Å²) in [6, 6.07) is 5.64. The Balaban J connectivity index is 2.36. The van der Waals surface area contributed by atoms with E-state index < -0.39 is 10.0 Å². The Bertz CT molecular complexity index is 578. The van der Waals surface area contributed by atoms with Crippen LogP contribution in [0.15, 0.2) is 23.1 Å². The maximum atomic E-state index is 13.1. The van der Waals surface area contributed by atoms with Gasteiger partial charge in [0, 0.05) is 19.1 Å². The molecule has 0 spiro atoms. The summed E-state index contributed by atoms with van der Waals surface area (Å²) < 4.78 is 27.8. The summed E-state index contributed by atoms with van der Waals surface area (Å²) in [4.78, 5) is 0.451. The van der Waals surface area contributed by atoms with E-state index in [1.807, 2.05) is 32.9 Å². The molecule has 5 heteroatoms. The van der Waals surface area contributed by atoms with Crippen LogP contribution in [0.5, 0.6) is 0 Å². The van der Waals surface area contributed by atoms with Crippen molar-refractivity contribution in [3.63, 3.8) is 0 Å². The summed E-state index contributed by atoms with van der Waals surface area (Å²) in [5, 5.41) is 3.31. The highest BCUT2D eigenvalue weighted by molar-refractivity contribution is 7.89. The Morgan fingerprint density at radius 3 is 2.67 bits per heavy atom. The number of hydrogen-bond donors (Lipinski definition) is 1. The molecule has 0 bridgehead atoms. The van der Waals surface area contributed by atoms with Crippen LogP contribution in [0.4, 0.5) is 0 Å². The molecule has 1 aromatic rings. The zero-order valence-electron chi connectivity index (χ0n) is 13.2. The molecular weight excluding hydrogens is 284 g/mol. The molecule has 0 aliphatic carbocycles. The predicted octanol–water partition coefficient (Wildman–Crippen LogP) is 2.46. The molecule has 1 N–H and O–H groups in total. The highest BCUT2D eigenvalue weighted by atomic mass is 32.2. The number of nitrogens with one attached hydrogen (secondary N) is 1. The van der Waals surface area contributed by atoms with Crippen molar-refractivity contribution in [3.8, 4) is 0 Å². The molecule has 0 aromatic heterocycles. The highest BCUT2D eigenvalue weighted by Crippen LogP contribution is 2.25. The van der Waals surface area contributed by atoms with Crippen LogP contribution in [0.2, 0.25) is 0 Å². The lowest BCUT2D eigenvalue weighted by atomic mass is 10.1. The van der Waals surface area contributed by atoms with Gasteiger partial charge in [-0.25, -0.2) is 8.42 Å². The second kappa shape index (κ2) is 6.90. The average molecular weight is 310 g/mol. The molecule has 1 fully saturated rings. The third-order valence-corrected chi connectivity index (χ3v) is 6.15. The van der Waals surface area contributed by atoms with Crippen LogP contribution in [0, 0.1) is 13.8 Å². The number of sulfonamides is 1. The van der Waals surface area contributed by atoms with Crippen molar-refractivity contribution in [2.75, 3.05) is 19.6 Å². The van der Waals surface area contributed by atoms with Gasteiger partial charge in [0.05, 0.1) is 4.90 Å². The summed E-state index contributed by atoms with van der Waals surface area (Å²) >= 11 is 0. The lowest BCUT2D eigenvalue weighted by Gasteiger charge is -2.34. The van der Waals surface area contributed by atoms with Crippen LogP contribution >= 0.6 is 0 Å². The summed E-state index contributed by atoms with van der Waals surface area (Å²) in [5.74, 6) is 0. The second-order valence-electron chi connectivity index (χ2n) is 5.88. The van der Waals surface area contributed by atoms with Gasteiger partial charge in [-0.2, -0.15) is 4.31 Å². The Kier molecular flexibility index (Phi) is 5.41. The van der Waals surface area contributed by atoms with Crippen molar-refractivity contribution >= 4 is 10.0 Å². The fourth-order valence-electron chi connectivity index (χ4n) is 3.01. The van der Waals surface area contributed by atoms with Gasteiger partial charge >= 0.3 is 0 Å². The third kappa shape index (κ3) is 3.65. The third-order valence-electron chi connectivity index (χ3n) is 4.04. The predicted molar refractivity (Wildman–Crippen MR) is 86.0 cm³/mol. The average Bonchev–Trinajstić information content (AvgIpc) is 2.45. The highest BCUT2D eigenvalue weighted by Gasteiger charge is 2.32. The summed E-state index contributed by atoms with van der Waals surface area (Å²) in [7, 11) is -3.42. The molecule has 2 rings (SSSR count). The van der Waals surface area contributed by atoms with Gasteiger partial charge < -0.3 is 5.32 Å². The minimum absolute atomic E-state index is 0.0735. The molecule has 1 aliphatic heterocycles. The van der Waals surface area contributed by atoms with Gasteiger partial charge in [-0.05, 0) is 51.3 Å². The van der Waals surface area contributed by atoms with Crippen molar-refractivity contribution in [2.45, 2.75) is 51.0 Å². The SMILES string of the molecule is CCCN(C1CCCNC1)S(=O)(=O)c1ccc(C)cc1C. The molecule has 4 nitrogen and oxygen atoms in total. The lowest BCUT2D eigenvalue weighted by Crippen LogP contribution is -2.49. The molecule has 118 valence electrons. The van der Waals surface area contributed by atoms with Crippen LogP contribution in [0.3, 0.4) is 0 Å². The summed E-state index contributed by atoms with van der Waals surface area (Å²) in [6.07, 6.45) is 2.81. The molecule has 0 amide bonds. The Morgan fingerprint density at radius 2 is 2.10 bits per heavy atom. The van der Waals surface area contributed by atoms with Crippen molar-refractivity contribution in [1.29, 1.82) is 0 Å². The normalized spacial score (nSPS) is 19.9. The first-order valence-electron chi connectivity index (χ1n) is 7.76. The molecule has 1 unspecified atom stereocenters. The minimum atomic E-state index is -3.42. The fraction of sp³-hybridized carbons (Fsp3) is 0.625. The van der Waals surface area contributed by atoms with Gasteiger partial charge in [0.25, 0.3) is 0 Å². The first-order chi connectivity index (χ1) is 9.96. The van der Waals surface area contributed by atoms with E-state index in [0.717, 1.165) is 43.5 Å². The van der Waals surface area contributed by atoms with Crippen molar-refractivity contribution in [3.05, 3.63) is 29.3 Å². The van der Waals surface area contributed by atoms with Gasteiger partial charge in [0.15, 0.2) is 0 Å². The molecule has 0 saturated carbocycles. The van der Waals surface area contributed by atoms with E-state index in [1.165, 1.54) is 0 Å². The summed E-state index contributed by atoms with van der Waals surface area (Å²) in [6.45, 7) is 8.22. The maximum absolute atomic E-state index is 13.1. The number of nitrogens with zero attached hydrogens (tertiary/aromatic N) is 1. The molecular formula is C16H26N2O2S. The number of hydrogen-bond acceptors (Lipinski definition) is 3. The maximum Gasteiger partial charge on any atom is 0.243 e. The van der Waals surface area contributed by atoms with Crippen LogP contribution in [0.1, 0.15) is 37.3 Å². The zero-order chi connectivity index (χ0) is 15.5. The van der Waals surface area contributed by atoms with Gasteiger partial charge in [-0.1, -0.05) is 24.6 Å². The van der Waals surface area contributed by atoms with E-state index in [-0.39, 0.29) is 6.04 Å². The van der Waals surface area contributed by atoms with Gasteiger partial charge in [-0.3, -0.25) is 0 Å². The first-order valence-corrected chi connectivity index (χ1v) is 9.20. The van der Waals surface area contributed by atoms with E-state index in [9.17, 15) is 8.42 Å². The van der Waals surface area contributed by atoms with E-state index in [1.54, 1.807) is 10.4 Å². The van der Waals surface area contributed by atoms with Crippen LogP contribution in [0.25, 0.3) is 0 Å². The molecule has 1 aromatic carbocycles. The molecule has 21 heavy (non-hydrogen) atoms. The standard InChI is InChI=1S/C16H26N2O2S/c1-4-10-18(15-6-5-9-17-12-15)21(19,20)16-8-7-13(2)11-14(16)3/h7-8,11,15,17H,4-6,9-10,12H2,1-3H3. The number of rotatable bonds is 5. The Morgan fingerprint density at radius 1 is 1.33 bits per heavy atom. The van der Waals surface area contributed by atoms with Crippen LogP contribution in [-0.2, 0) is 10.0 Å². The molecule has 1 heterocycles. The van der Waals surface area contributed by atoms with Crippen molar-refractivity contribution in [1.82, 2.24) is 9.62 Å². The second-order valence-corrected chi connectivity index (χ2v) is 7.74. The number of piperidine rings is 1. The van der Waals surface area contributed by atoms with Crippen molar-refractivity contribution in [2.24, 2.45) is 0 Å². The topological polar surface area (TPSA) is 49.4 Å². The van der Waals surface area contributed by atoms with E-state index >= 15 is 0 Å². The molecule has 1 atom stereocenters. The van der Waals surface area contributed by atoms with Crippen LogP contribution < -0.4 is 5.32 Å². The first kappa shape index (κ1) is 16.5. The quantitative estimate of drug-likeness (QED) is 0.909. The molecule has 0 radical (unpaired) electrons. The van der Waals surface area contributed by atoms with Crippen molar-refractivity contribution < 1.29 is 8.42 Å². The van der Waals surface area contributed by atoms with Gasteiger partial charge in [-0.15, -0.1) is 0 Å². The van der Waals surface area contributed by atoms with E-state index in [2.05, 4.69) is 5.32 Å². The van der Waals surface area contributed by atoms with E-state index in [0.29, 0.717) is 11.4 Å². The molecule has 1 aliphatic rings. The Hall–Kier alpha value is -0.910. The largest absolute Gasteiger partial charge is 0.315 e.